The van der Waals surface area contributed by atoms with E-state index in [2.05, 4.69) is 20.3 Å². The number of amides is 1. The van der Waals surface area contributed by atoms with Gasteiger partial charge in [0.15, 0.2) is 0 Å². The molecule has 174 valence electrons. The van der Waals surface area contributed by atoms with Gasteiger partial charge in [0.25, 0.3) is 5.91 Å². The molecule has 2 aromatic carbocycles. The molecule has 10 heteroatoms. The molecule has 1 saturated heterocycles. The van der Waals surface area contributed by atoms with Crippen LogP contribution in [0.15, 0.2) is 53.6 Å². The van der Waals surface area contributed by atoms with Crippen LogP contribution >= 0.6 is 0 Å². The minimum absolute atomic E-state index is 0.168. The lowest BCUT2D eigenvalue weighted by Gasteiger charge is -2.36. The molecule has 0 radical (unpaired) electrons. The number of aromatic nitrogens is 5. The highest BCUT2D eigenvalue weighted by molar-refractivity contribution is 5.98. The van der Waals surface area contributed by atoms with Crippen LogP contribution in [0.3, 0.4) is 0 Å². The van der Waals surface area contributed by atoms with Crippen molar-refractivity contribution in [2.24, 2.45) is 0 Å². The first-order valence-corrected chi connectivity index (χ1v) is 10.9. The summed E-state index contributed by atoms with van der Waals surface area (Å²) >= 11 is 0. The van der Waals surface area contributed by atoms with Gasteiger partial charge in [0.05, 0.1) is 37.2 Å². The molecule has 5 rings (SSSR count). The number of hydrogen-bond acceptors (Lipinski definition) is 7. The van der Waals surface area contributed by atoms with E-state index >= 15 is 0 Å². The fraction of sp³-hybridized carbons (Fsp3) is 0.292. The third-order valence-corrected chi connectivity index (χ3v) is 6.16. The van der Waals surface area contributed by atoms with Crippen LogP contribution < -0.4 is 0 Å². The van der Waals surface area contributed by atoms with E-state index in [0.717, 1.165) is 11.1 Å². The summed E-state index contributed by atoms with van der Waals surface area (Å²) in [7, 11) is 0. The zero-order valence-electron chi connectivity index (χ0n) is 18.8. The molecule has 34 heavy (non-hydrogen) atoms. The monoisotopic (exact) mass is 462 g/mol. The second-order valence-electron chi connectivity index (χ2n) is 8.21. The van der Waals surface area contributed by atoms with E-state index < -0.39 is 0 Å². The Kier molecular flexibility index (Phi) is 5.89. The molecule has 1 fully saturated rings. The molecule has 1 aliphatic rings. The van der Waals surface area contributed by atoms with Gasteiger partial charge in [0.1, 0.15) is 11.5 Å². The van der Waals surface area contributed by atoms with Crippen LogP contribution in [0, 0.1) is 19.7 Å². The molecule has 1 aliphatic heterocycles. The largest absolute Gasteiger partial charge is 0.377 e. The summed E-state index contributed by atoms with van der Waals surface area (Å²) in [6.07, 6.45) is 4.66. The lowest BCUT2D eigenvalue weighted by atomic mass is 9.98. The maximum Gasteiger partial charge on any atom is 0.256 e. The summed E-state index contributed by atoms with van der Waals surface area (Å²) in [5, 5.41) is 12.3. The van der Waals surface area contributed by atoms with Gasteiger partial charge in [-0.3, -0.25) is 4.79 Å². The zero-order valence-corrected chi connectivity index (χ0v) is 18.8. The van der Waals surface area contributed by atoms with Crippen LogP contribution in [0.2, 0.25) is 0 Å². The Hall–Kier alpha value is -3.92. The molecule has 9 nitrogen and oxygen atoms in total. The van der Waals surface area contributed by atoms with Gasteiger partial charge in [0, 0.05) is 12.1 Å². The number of morpholine rings is 1. The van der Waals surface area contributed by atoms with Gasteiger partial charge in [-0.2, -0.15) is 20.0 Å². The summed E-state index contributed by atoms with van der Waals surface area (Å²) < 4.78 is 25.2. The van der Waals surface area contributed by atoms with E-state index in [1.54, 1.807) is 35.5 Å². The highest BCUT2D eigenvalue weighted by Crippen LogP contribution is 2.26. The number of ether oxygens (including phenoxy) is 1. The zero-order chi connectivity index (χ0) is 23.7. The number of carbonyl (C=O) groups excluding carboxylic acids is 1. The van der Waals surface area contributed by atoms with E-state index in [1.807, 2.05) is 19.9 Å². The van der Waals surface area contributed by atoms with Crippen LogP contribution in [0.5, 0.6) is 0 Å². The van der Waals surface area contributed by atoms with Crippen LogP contribution in [0.1, 0.15) is 27.0 Å². The Morgan fingerprint density at radius 2 is 2.00 bits per heavy atom. The Morgan fingerprint density at radius 3 is 2.76 bits per heavy atom. The van der Waals surface area contributed by atoms with Gasteiger partial charge < -0.3 is 14.2 Å². The standard InChI is InChI=1S/C24H23FN6O3/c1-15-3-5-20(22(16(15)2)31-27-7-8-28-31)24(32)30-9-10-33-13-19(30)12-18-11-17(4-6-21(18)25)23-26-14-34-29-23/h3-8,11,14,19H,9-10,12-13H2,1-2H3/t19-/m1/s1. The van der Waals surface area contributed by atoms with Crippen molar-refractivity contribution in [3.63, 3.8) is 0 Å². The molecule has 0 aliphatic carbocycles. The number of aryl methyl sites for hydroxylation is 1. The maximum atomic E-state index is 14.7. The van der Waals surface area contributed by atoms with Crippen LogP contribution in [0.4, 0.5) is 4.39 Å². The van der Waals surface area contributed by atoms with Gasteiger partial charge >= 0.3 is 0 Å². The SMILES string of the molecule is Cc1ccc(C(=O)N2CCOC[C@H]2Cc2cc(-c3ncon3)ccc2F)c(-n2nccn2)c1C. The van der Waals surface area contributed by atoms with Gasteiger partial charge in [-0.1, -0.05) is 11.2 Å². The third-order valence-electron chi connectivity index (χ3n) is 6.16. The molecule has 0 unspecified atom stereocenters. The Balaban J connectivity index is 1.47. The van der Waals surface area contributed by atoms with Crippen LogP contribution in [-0.4, -0.2) is 61.7 Å². The lowest BCUT2D eigenvalue weighted by Crippen LogP contribution is -2.50. The number of rotatable bonds is 5. The van der Waals surface area contributed by atoms with Crippen molar-refractivity contribution in [2.45, 2.75) is 26.3 Å². The van der Waals surface area contributed by atoms with Crippen molar-refractivity contribution < 1.29 is 18.4 Å². The molecule has 2 aromatic heterocycles. The van der Waals surface area contributed by atoms with E-state index in [-0.39, 0.29) is 24.2 Å². The van der Waals surface area contributed by atoms with Crippen molar-refractivity contribution in [2.75, 3.05) is 19.8 Å². The summed E-state index contributed by atoms with van der Waals surface area (Å²) in [6, 6.07) is 8.03. The molecule has 0 saturated carbocycles. The Morgan fingerprint density at radius 1 is 1.18 bits per heavy atom. The first-order chi connectivity index (χ1) is 16.5. The Bertz CT molecular complexity index is 1310. The number of hydrogen-bond donors (Lipinski definition) is 0. The molecule has 0 spiro atoms. The normalized spacial score (nSPS) is 16.1. The average Bonchev–Trinajstić information content (AvgIpc) is 3.57. The Labute approximate surface area is 195 Å². The molecular formula is C24H23FN6O3. The van der Waals surface area contributed by atoms with Crippen molar-refractivity contribution in [1.82, 2.24) is 30.0 Å². The third kappa shape index (κ3) is 4.08. The van der Waals surface area contributed by atoms with E-state index in [9.17, 15) is 9.18 Å². The molecule has 1 atom stereocenters. The van der Waals surface area contributed by atoms with Crippen molar-refractivity contribution >= 4 is 5.91 Å². The van der Waals surface area contributed by atoms with Crippen LogP contribution in [-0.2, 0) is 11.2 Å². The summed E-state index contributed by atoms with van der Waals surface area (Å²) in [5.41, 5.74) is 4.18. The molecule has 0 bridgehead atoms. The number of nitrogens with zero attached hydrogens (tertiary/aromatic N) is 6. The highest BCUT2D eigenvalue weighted by Gasteiger charge is 2.31. The first kappa shape index (κ1) is 21.9. The summed E-state index contributed by atoms with van der Waals surface area (Å²) in [4.78, 5) is 21.0. The van der Waals surface area contributed by atoms with E-state index in [1.165, 1.54) is 17.3 Å². The smallest absolute Gasteiger partial charge is 0.256 e. The molecular weight excluding hydrogens is 439 g/mol. The maximum absolute atomic E-state index is 14.7. The number of halogens is 1. The summed E-state index contributed by atoms with van der Waals surface area (Å²) in [5.74, 6) is -0.156. The highest BCUT2D eigenvalue weighted by atomic mass is 19.1. The fourth-order valence-electron chi connectivity index (χ4n) is 4.23. The van der Waals surface area contributed by atoms with Crippen molar-refractivity contribution in [3.05, 3.63) is 77.2 Å². The predicted octanol–water partition coefficient (Wildman–Crippen LogP) is 3.16. The van der Waals surface area contributed by atoms with E-state index in [0.29, 0.717) is 48.0 Å². The van der Waals surface area contributed by atoms with Gasteiger partial charge in [-0.05, 0) is 61.2 Å². The molecule has 1 amide bonds. The minimum Gasteiger partial charge on any atom is -0.377 e. The topological polar surface area (TPSA) is 99.2 Å². The summed E-state index contributed by atoms with van der Waals surface area (Å²) in [6.45, 7) is 5.04. The number of carbonyl (C=O) groups is 1. The second-order valence-corrected chi connectivity index (χ2v) is 8.21. The molecule has 4 aromatic rings. The second kappa shape index (κ2) is 9.14. The van der Waals surface area contributed by atoms with Gasteiger partial charge in [0.2, 0.25) is 12.2 Å². The van der Waals surface area contributed by atoms with Gasteiger partial charge in [-0.15, -0.1) is 0 Å². The number of benzene rings is 2. The molecule has 3 heterocycles. The van der Waals surface area contributed by atoms with Crippen molar-refractivity contribution in [1.29, 1.82) is 0 Å². The van der Waals surface area contributed by atoms with Crippen LogP contribution in [0.25, 0.3) is 17.1 Å². The first-order valence-electron chi connectivity index (χ1n) is 10.9. The van der Waals surface area contributed by atoms with Gasteiger partial charge in [-0.25, -0.2) is 4.39 Å². The van der Waals surface area contributed by atoms with Crippen molar-refractivity contribution in [3.8, 4) is 17.1 Å². The minimum atomic E-state index is -0.363. The average molecular weight is 462 g/mol. The lowest BCUT2D eigenvalue weighted by molar-refractivity contribution is -0.00185. The quantitative estimate of drug-likeness (QED) is 0.449. The molecule has 0 N–H and O–H groups in total. The predicted molar refractivity (Wildman–Crippen MR) is 120 cm³/mol. The fourth-order valence-corrected chi connectivity index (χ4v) is 4.23. The van der Waals surface area contributed by atoms with E-state index in [4.69, 9.17) is 9.26 Å².